The van der Waals surface area contributed by atoms with E-state index in [1.165, 1.54) is 5.57 Å². The largest absolute Gasteiger partial charge is 0.822 e. The van der Waals surface area contributed by atoms with Crippen molar-refractivity contribution in [1.82, 2.24) is 0 Å². The fourth-order valence-corrected chi connectivity index (χ4v) is 0.866. The van der Waals surface area contributed by atoms with Gasteiger partial charge in [0, 0.05) is 0 Å². The van der Waals surface area contributed by atoms with Gasteiger partial charge in [-0.05, 0) is 19.3 Å². The lowest BCUT2D eigenvalue weighted by atomic mass is 9.94. The molecule has 0 aliphatic carbocycles. The SMILES string of the molecule is CC(C)=CC(C)(C)C.O=P([O-])([O-])[O-]. The van der Waals surface area contributed by atoms with Gasteiger partial charge in [-0.25, -0.2) is 0 Å². The minimum Gasteiger partial charge on any atom is -0.822 e. The van der Waals surface area contributed by atoms with E-state index in [4.69, 9.17) is 19.2 Å². The molecule has 0 aromatic carbocycles. The van der Waals surface area contributed by atoms with Crippen LogP contribution in [0.4, 0.5) is 0 Å². The van der Waals surface area contributed by atoms with Crippen LogP contribution in [0.25, 0.3) is 0 Å². The lowest BCUT2D eigenvalue weighted by Gasteiger charge is -2.36. The van der Waals surface area contributed by atoms with Crippen molar-refractivity contribution in [2.75, 3.05) is 0 Å². The van der Waals surface area contributed by atoms with Crippen molar-refractivity contribution in [3.63, 3.8) is 0 Å². The molecule has 0 radical (unpaired) electrons. The van der Waals surface area contributed by atoms with Gasteiger partial charge in [0.25, 0.3) is 0 Å². The first kappa shape index (κ1) is 15.3. The molecule has 4 nitrogen and oxygen atoms in total. The van der Waals surface area contributed by atoms with Crippen molar-refractivity contribution in [2.45, 2.75) is 34.6 Å². The fourth-order valence-electron chi connectivity index (χ4n) is 0.866. The summed E-state index contributed by atoms with van der Waals surface area (Å²) in [5, 5.41) is 0. The molecule has 0 atom stereocenters. The molecule has 0 aromatic rings. The first-order chi connectivity index (χ1) is 5.42. The second-order valence-corrected chi connectivity index (χ2v) is 4.93. The predicted molar refractivity (Wildman–Crippen MR) is 46.5 cm³/mol. The number of phosphoric acid groups is 1. The van der Waals surface area contributed by atoms with Gasteiger partial charge < -0.3 is 19.2 Å². The average Bonchev–Trinajstić information content (AvgIpc) is 1.47. The van der Waals surface area contributed by atoms with Crippen LogP contribution in [-0.4, -0.2) is 0 Å². The van der Waals surface area contributed by atoms with E-state index in [1.54, 1.807) is 0 Å². The molecular formula is C8H16O4P-3. The summed E-state index contributed by atoms with van der Waals surface area (Å²) in [6.45, 7) is 10.9. The fraction of sp³-hybridized carbons (Fsp3) is 0.750. The Balaban J connectivity index is 0. The van der Waals surface area contributed by atoms with Gasteiger partial charge in [0.1, 0.15) is 0 Å². The van der Waals surface area contributed by atoms with Crippen LogP contribution >= 0.6 is 7.82 Å². The third kappa shape index (κ3) is 48.9. The normalized spacial score (nSPS) is 11.4. The summed E-state index contributed by atoms with van der Waals surface area (Å²) in [6, 6.07) is 0. The number of hydrogen-bond acceptors (Lipinski definition) is 4. The van der Waals surface area contributed by atoms with Crippen LogP contribution in [0.5, 0.6) is 0 Å². The lowest BCUT2D eigenvalue weighted by Crippen LogP contribution is -2.24. The summed E-state index contributed by atoms with van der Waals surface area (Å²) >= 11 is 0. The van der Waals surface area contributed by atoms with Gasteiger partial charge in [0.05, 0.1) is 0 Å². The Morgan fingerprint density at radius 1 is 1.15 bits per heavy atom. The summed E-state index contributed by atoms with van der Waals surface area (Å²) in [5.74, 6) is 0. The highest BCUT2D eigenvalue weighted by Gasteiger charge is 2.03. The zero-order valence-corrected chi connectivity index (χ0v) is 9.55. The van der Waals surface area contributed by atoms with E-state index in [0.29, 0.717) is 5.41 Å². The topological polar surface area (TPSA) is 86.2 Å². The number of allylic oxidation sites excluding steroid dienone is 2. The predicted octanol–water partition coefficient (Wildman–Crippen LogP) is 0.174. The average molecular weight is 207 g/mol. The van der Waals surface area contributed by atoms with E-state index in [1.807, 2.05) is 0 Å². The monoisotopic (exact) mass is 207 g/mol. The second kappa shape index (κ2) is 5.55. The molecule has 0 N–H and O–H groups in total. The van der Waals surface area contributed by atoms with Gasteiger partial charge in [0.15, 0.2) is 0 Å². The Labute approximate surface area is 79.5 Å². The summed E-state index contributed by atoms with van der Waals surface area (Å²) in [7, 11) is -5.39. The molecule has 0 saturated heterocycles. The second-order valence-electron chi connectivity index (χ2n) is 4.03. The van der Waals surface area contributed by atoms with Crippen LogP contribution in [0.1, 0.15) is 34.6 Å². The van der Waals surface area contributed by atoms with Crippen molar-refractivity contribution in [3.05, 3.63) is 11.6 Å². The van der Waals surface area contributed by atoms with E-state index in [0.717, 1.165) is 0 Å². The van der Waals surface area contributed by atoms with E-state index in [-0.39, 0.29) is 0 Å². The van der Waals surface area contributed by atoms with Gasteiger partial charge in [-0.15, -0.1) is 0 Å². The standard InChI is InChI=1S/C8H16.H3O4P/c1-7(2)6-8(3,4)5;1-5(2,3)4/h6H,1-5H3;(H3,1,2,3,4)/p-3. The van der Waals surface area contributed by atoms with Crippen molar-refractivity contribution in [2.24, 2.45) is 5.41 Å². The van der Waals surface area contributed by atoms with Gasteiger partial charge in [-0.1, -0.05) is 32.4 Å². The molecular weight excluding hydrogens is 191 g/mol. The zero-order valence-electron chi connectivity index (χ0n) is 8.66. The molecule has 13 heavy (non-hydrogen) atoms. The highest BCUT2D eigenvalue weighted by molar-refractivity contribution is 7.40. The van der Waals surface area contributed by atoms with E-state index >= 15 is 0 Å². The first-order valence-electron chi connectivity index (χ1n) is 3.81. The zero-order chi connectivity index (χ0) is 11.3. The van der Waals surface area contributed by atoms with Gasteiger partial charge in [0.2, 0.25) is 0 Å². The molecule has 0 rings (SSSR count). The molecule has 0 fully saturated rings. The maximum atomic E-state index is 8.55. The quantitative estimate of drug-likeness (QED) is 0.418. The third-order valence-electron chi connectivity index (χ3n) is 0.722. The van der Waals surface area contributed by atoms with Gasteiger partial charge in [-0.3, -0.25) is 0 Å². The van der Waals surface area contributed by atoms with Crippen molar-refractivity contribution in [1.29, 1.82) is 0 Å². The third-order valence-corrected chi connectivity index (χ3v) is 0.722. The van der Waals surface area contributed by atoms with E-state index < -0.39 is 7.82 Å². The molecule has 0 unspecified atom stereocenters. The Hall–Kier alpha value is -0.150. The number of hydrogen-bond donors (Lipinski definition) is 0. The molecule has 0 aliphatic rings. The molecule has 0 aliphatic heterocycles. The Morgan fingerprint density at radius 2 is 1.38 bits per heavy atom. The summed E-state index contributed by atoms with van der Waals surface area (Å²) in [6.07, 6.45) is 2.27. The van der Waals surface area contributed by atoms with Crippen LogP contribution in [0.2, 0.25) is 0 Å². The maximum absolute atomic E-state index is 8.55. The minimum atomic E-state index is -5.39. The van der Waals surface area contributed by atoms with Crippen LogP contribution in [0.3, 0.4) is 0 Å². The van der Waals surface area contributed by atoms with Crippen LogP contribution in [-0.2, 0) is 4.57 Å². The Bertz CT molecular complexity index is 196. The molecule has 0 bridgehead atoms. The molecule has 80 valence electrons. The number of rotatable bonds is 0. The molecule has 0 saturated carbocycles. The highest BCUT2D eigenvalue weighted by atomic mass is 31.2. The van der Waals surface area contributed by atoms with Crippen LogP contribution < -0.4 is 14.7 Å². The summed E-state index contributed by atoms with van der Waals surface area (Å²) < 4.78 is 8.55. The van der Waals surface area contributed by atoms with Crippen molar-refractivity contribution < 1.29 is 19.2 Å². The van der Waals surface area contributed by atoms with Crippen LogP contribution in [0, 0.1) is 5.41 Å². The van der Waals surface area contributed by atoms with E-state index in [2.05, 4.69) is 40.7 Å². The molecule has 5 heteroatoms. The van der Waals surface area contributed by atoms with Crippen molar-refractivity contribution >= 4 is 7.82 Å². The van der Waals surface area contributed by atoms with Gasteiger partial charge >= 0.3 is 0 Å². The highest BCUT2D eigenvalue weighted by Crippen LogP contribution is 2.16. The Morgan fingerprint density at radius 3 is 1.38 bits per heavy atom. The van der Waals surface area contributed by atoms with Gasteiger partial charge in [-0.2, -0.15) is 7.82 Å². The molecule has 0 amide bonds. The summed E-state index contributed by atoms with van der Waals surface area (Å²) in [5.41, 5.74) is 1.76. The smallest absolute Gasteiger partial charge is 0.0201 e. The Kier molecular flexibility index (Phi) is 6.55. The maximum Gasteiger partial charge on any atom is -0.0201 e. The molecule has 0 heterocycles. The summed E-state index contributed by atoms with van der Waals surface area (Å²) in [4.78, 5) is 25.6. The molecule has 0 aromatic heterocycles. The van der Waals surface area contributed by atoms with E-state index in [9.17, 15) is 0 Å². The minimum absolute atomic E-state index is 0.360. The van der Waals surface area contributed by atoms with Crippen molar-refractivity contribution in [3.8, 4) is 0 Å². The molecule has 0 spiro atoms. The van der Waals surface area contributed by atoms with Crippen LogP contribution in [0.15, 0.2) is 11.6 Å². The first-order valence-corrected chi connectivity index (χ1v) is 5.27. The lowest BCUT2D eigenvalue weighted by molar-refractivity contribution is -0.432.